The van der Waals surface area contributed by atoms with Gasteiger partial charge in [0.15, 0.2) is 0 Å². The van der Waals surface area contributed by atoms with E-state index in [0.717, 1.165) is 26.3 Å². The molecule has 0 aliphatic heterocycles. The molecule has 0 bridgehead atoms. The summed E-state index contributed by atoms with van der Waals surface area (Å²) in [4.78, 5) is 29.8. The molecule has 0 fully saturated rings. The van der Waals surface area contributed by atoms with Crippen molar-refractivity contribution in [2.75, 3.05) is 6.61 Å². The van der Waals surface area contributed by atoms with Crippen molar-refractivity contribution >= 4 is 27.5 Å². The Morgan fingerprint density at radius 1 is 1.36 bits per heavy atom. The van der Waals surface area contributed by atoms with E-state index in [9.17, 15) is 14.7 Å². The molecule has 3 rings (SSSR count). The molecule has 0 radical (unpaired) electrons. The fourth-order valence-electron chi connectivity index (χ4n) is 2.74. The van der Waals surface area contributed by atoms with E-state index < -0.39 is 12.0 Å². The molecule has 6 nitrogen and oxygen atoms in total. The minimum absolute atomic E-state index is 0.380. The molecule has 0 aliphatic carbocycles. The van der Waals surface area contributed by atoms with Gasteiger partial charge < -0.3 is 14.6 Å². The molecule has 0 spiro atoms. The van der Waals surface area contributed by atoms with Gasteiger partial charge in [0.2, 0.25) is 0 Å². The Hall–Kier alpha value is -2.67. The third kappa shape index (κ3) is 3.02. The van der Waals surface area contributed by atoms with Gasteiger partial charge in [-0.25, -0.2) is 4.98 Å². The van der Waals surface area contributed by atoms with E-state index in [1.165, 1.54) is 24.6 Å². The van der Waals surface area contributed by atoms with Crippen molar-refractivity contribution in [1.29, 1.82) is 0 Å². The van der Waals surface area contributed by atoms with Crippen molar-refractivity contribution in [3.63, 3.8) is 0 Å². The first-order valence-electron chi connectivity index (χ1n) is 7.88. The molecule has 0 N–H and O–H groups in total. The van der Waals surface area contributed by atoms with Crippen LogP contribution in [0.3, 0.4) is 0 Å². The van der Waals surface area contributed by atoms with Crippen LogP contribution in [0.15, 0.2) is 35.4 Å². The van der Waals surface area contributed by atoms with Gasteiger partial charge in [-0.05, 0) is 38.5 Å². The Labute approximate surface area is 148 Å². The Morgan fingerprint density at radius 3 is 2.64 bits per heavy atom. The van der Waals surface area contributed by atoms with Gasteiger partial charge in [-0.2, -0.15) is 0 Å². The molecule has 1 atom stereocenters. The van der Waals surface area contributed by atoms with Crippen LogP contribution in [0.25, 0.3) is 21.3 Å². The minimum atomic E-state index is -1.32. The van der Waals surface area contributed by atoms with Gasteiger partial charge in [-0.3, -0.25) is 9.36 Å². The lowest BCUT2D eigenvalue weighted by Gasteiger charge is -2.15. The zero-order valence-corrected chi connectivity index (χ0v) is 14.9. The third-order valence-corrected chi connectivity index (χ3v) is 5.04. The largest absolute Gasteiger partial charge is 0.548 e. The summed E-state index contributed by atoms with van der Waals surface area (Å²) in [6.07, 6.45) is 1.27. The van der Waals surface area contributed by atoms with E-state index >= 15 is 0 Å². The number of fused-ring (bicyclic) bond motifs is 1. The summed E-state index contributed by atoms with van der Waals surface area (Å²) in [5.74, 6) is -0.567. The standard InChI is InChI=1S/C18H18N2O4S/c1-4-24-13-7-5-12(6-8-13)14-11(3)25-16-15(14)17(21)20(9-19-16)10(2)18(22)23/h5-10H,4H2,1-3H3,(H,22,23)/p-1/t10-/m0/s1. The molecule has 7 heteroatoms. The zero-order chi connectivity index (χ0) is 18.1. The maximum absolute atomic E-state index is 12.9. The average Bonchev–Trinajstić information content (AvgIpc) is 2.92. The van der Waals surface area contributed by atoms with Crippen LogP contribution in [0.5, 0.6) is 5.75 Å². The minimum Gasteiger partial charge on any atom is -0.548 e. The van der Waals surface area contributed by atoms with Gasteiger partial charge in [0.1, 0.15) is 10.6 Å². The van der Waals surface area contributed by atoms with Crippen LogP contribution in [-0.2, 0) is 4.79 Å². The first-order chi connectivity index (χ1) is 11.9. The molecule has 0 aliphatic rings. The number of aromatic nitrogens is 2. The second-order valence-corrected chi connectivity index (χ2v) is 6.83. The second kappa shape index (κ2) is 6.68. The lowest BCUT2D eigenvalue weighted by molar-refractivity contribution is -0.309. The molecule has 130 valence electrons. The van der Waals surface area contributed by atoms with Gasteiger partial charge >= 0.3 is 0 Å². The molecule has 0 saturated carbocycles. The summed E-state index contributed by atoms with van der Waals surface area (Å²) >= 11 is 1.41. The molecule has 1 aromatic carbocycles. The number of benzene rings is 1. The SMILES string of the molecule is CCOc1ccc(-c2c(C)sc3ncn([C@@H](C)C(=O)[O-])c(=O)c23)cc1. The smallest absolute Gasteiger partial charge is 0.263 e. The summed E-state index contributed by atoms with van der Waals surface area (Å²) in [7, 11) is 0. The molecule has 3 aromatic rings. The van der Waals surface area contributed by atoms with Gasteiger partial charge in [0.25, 0.3) is 5.56 Å². The highest BCUT2D eigenvalue weighted by Crippen LogP contribution is 2.36. The van der Waals surface area contributed by atoms with Crippen LogP contribution >= 0.6 is 11.3 Å². The van der Waals surface area contributed by atoms with Gasteiger partial charge in [-0.1, -0.05) is 12.1 Å². The summed E-state index contributed by atoms with van der Waals surface area (Å²) in [6, 6.07) is 6.38. The molecule has 2 heterocycles. The highest BCUT2D eigenvalue weighted by molar-refractivity contribution is 7.19. The van der Waals surface area contributed by atoms with E-state index in [1.807, 2.05) is 38.1 Å². The number of carboxylic acid groups (broad SMARTS) is 1. The normalized spacial score (nSPS) is 12.3. The van der Waals surface area contributed by atoms with Crippen LogP contribution in [-0.4, -0.2) is 22.1 Å². The van der Waals surface area contributed by atoms with Gasteiger partial charge in [-0.15, -0.1) is 11.3 Å². The molecule has 0 amide bonds. The van der Waals surface area contributed by atoms with Gasteiger partial charge in [0.05, 0.1) is 30.3 Å². The van der Waals surface area contributed by atoms with Crippen molar-refractivity contribution in [3.05, 3.63) is 45.8 Å². The number of carboxylic acids is 1. The quantitative estimate of drug-likeness (QED) is 0.698. The van der Waals surface area contributed by atoms with Crippen LogP contribution in [0, 0.1) is 6.92 Å². The van der Waals surface area contributed by atoms with Crippen LogP contribution < -0.4 is 15.4 Å². The van der Waals surface area contributed by atoms with Crippen LogP contribution in [0.4, 0.5) is 0 Å². The maximum Gasteiger partial charge on any atom is 0.263 e. The van der Waals surface area contributed by atoms with E-state index in [2.05, 4.69) is 4.98 Å². The first-order valence-corrected chi connectivity index (χ1v) is 8.70. The van der Waals surface area contributed by atoms with Crippen molar-refractivity contribution in [1.82, 2.24) is 9.55 Å². The number of nitrogens with zero attached hydrogens (tertiary/aromatic N) is 2. The monoisotopic (exact) mass is 357 g/mol. The highest BCUT2D eigenvalue weighted by Gasteiger charge is 2.19. The maximum atomic E-state index is 12.9. The predicted molar refractivity (Wildman–Crippen MR) is 94.9 cm³/mol. The average molecular weight is 357 g/mol. The molecule has 0 unspecified atom stereocenters. The number of hydrogen-bond donors (Lipinski definition) is 0. The fourth-order valence-corrected chi connectivity index (χ4v) is 3.74. The van der Waals surface area contributed by atoms with Crippen molar-refractivity contribution in [2.45, 2.75) is 26.8 Å². The van der Waals surface area contributed by atoms with E-state index in [1.54, 1.807) is 0 Å². The molecule has 0 saturated heterocycles. The molecular formula is C18H17N2O4S-. The predicted octanol–water partition coefficient (Wildman–Crippen LogP) is 2.14. The van der Waals surface area contributed by atoms with Crippen LogP contribution in [0.2, 0.25) is 0 Å². The van der Waals surface area contributed by atoms with Crippen molar-refractivity contribution < 1.29 is 14.6 Å². The summed E-state index contributed by atoms with van der Waals surface area (Å²) in [5, 5.41) is 11.6. The van der Waals surface area contributed by atoms with Crippen LogP contribution in [0.1, 0.15) is 24.8 Å². The third-order valence-electron chi connectivity index (χ3n) is 4.03. The number of carbonyl (C=O) groups is 1. The first kappa shape index (κ1) is 17.2. The number of ether oxygens (including phenoxy) is 1. The Bertz CT molecular complexity index is 989. The Balaban J connectivity index is 2.21. The molecule has 25 heavy (non-hydrogen) atoms. The van der Waals surface area contributed by atoms with Crippen molar-refractivity contribution in [3.8, 4) is 16.9 Å². The topological polar surface area (TPSA) is 84.2 Å². The zero-order valence-electron chi connectivity index (χ0n) is 14.1. The lowest BCUT2D eigenvalue weighted by Crippen LogP contribution is -2.36. The number of aliphatic carboxylic acids is 1. The van der Waals surface area contributed by atoms with Crippen molar-refractivity contribution in [2.24, 2.45) is 0 Å². The van der Waals surface area contributed by atoms with E-state index in [4.69, 9.17) is 4.74 Å². The molecule has 2 aromatic heterocycles. The number of carbonyl (C=O) groups excluding carboxylic acids is 1. The van der Waals surface area contributed by atoms with E-state index in [-0.39, 0.29) is 5.56 Å². The highest BCUT2D eigenvalue weighted by atomic mass is 32.1. The number of hydrogen-bond acceptors (Lipinski definition) is 6. The summed E-state index contributed by atoms with van der Waals surface area (Å²) in [5.41, 5.74) is 1.26. The Kier molecular flexibility index (Phi) is 4.59. The fraction of sp³-hybridized carbons (Fsp3) is 0.278. The molecular weight excluding hydrogens is 340 g/mol. The Morgan fingerprint density at radius 2 is 2.04 bits per heavy atom. The number of rotatable bonds is 5. The van der Waals surface area contributed by atoms with Gasteiger partial charge in [0, 0.05) is 10.4 Å². The number of aryl methyl sites for hydroxylation is 1. The van der Waals surface area contributed by atoms with E-state index in [0.29, 0.717) is 16.8 Å². The second-order valence-electron chi connectivity index (χ2n) is 5.62. The lowest BCUT2D eigenvalue weighted by atomic mass is 10.0. The summed E-state index contributed by atoms with van der Waals surface area (Å²) < 4.78 is 6.55. The number of thiophene rings is 1. The summed E-state index contributed by atoms with van der Waals surface area (Å²) in [6.45, 7) is 5.82.